The number of hydrogen-bond acceptors (Lipinski definition) is 6. The maximum atomic E-state index is 12.7. The van der Waals surface area contributed by atoms with Gasteiger partial charge < -0.3 is 19.1 Å². The summed E-state index contributed by atoms with van der Waals surface area (Å²) in [7, 11) is 1.58. The number of hydrogen-bond donors (Lipinski definition) is 0. The Morgan fingerprint density at radius 2 is 1.89 bits per heavy atom. The number of nitro benzene ring substituents is 1. The van der Waals surface area contributed by atoms with E-state index in [2.05, 4.69) is 0 Å². The third-order valence-electron chi connectivity index (χ3n) is 4.27. The van der Waals surface area contributed by atoms with E-state index in [1.165, 1.54) is 23.1 Å². The fraction of sp³-hybridized carbons (Fsp3) is 0.316. The summed E-state index contributed by atoms with van der Waals surface area (Å²) in [4.78, 5) is 24.8. The second-order valence-electron chi connectivity index (χ2n) is 5.94. The molecule has 0 bridgehead atoms. The van der Waals surface area contributed by atoms with Crippen LogP contribution in [0.25, 0.3) is 0 Å². The highest BCUT2D eigenvalue weighted by molar-refractivity contribution is 6.00. The van der Waals surface area contributed by atoms with Crippen molar-refractivity contribution in [2.24, 2.45) is 0 Å². The first-order chi connectivity index (χ1) is 13.0. The maximum Gasteiger partial charge on any atom is 0.271 e. The molecule has 2 aromatic rings. The first-order valence-corrected chi connectivity index (χ1v) is 8.56. The average molecular weight is 372 g/mol. The molecule has 0 fully saturated rings. The summed E-state index contributed by atoms with van der Waals surface area (Å²) in [6.07, 6.45) is -0.106. The summed E-state index contributed by atoms with van der Waals surface area (Å²) in [6.45, 7) is 2.33. The molecule has 27 heavy (non-hydrogen) atoms. The Kier molecular flexibility index (Phi) is 5.44. The molecule has 0 spiro atoms. The van der Waals surface area contributed by atoms with Gasteiger partial charge in [-0.3, -0.25) is 14.9 Å². The van der Waals surface area contributed by atoms with Gasteiger partial charge in [-0.1, -0.05) is 6.92 Å². The number of amides is 1. The molecule has 1 unspecified atom stereocenters. The average Bonchev–Trinajstić information content (AvgIpc) is 2.69. The molecule has 2 aromatic carbocycles. The van der Waals surface area contributed by atoms with Crippen molar-refractivity contribution < 1.29 is 23.9 Å². The molecule has 8 heteroatoms. The van der Waals surface area contributed by atoms with Crippen LogP contribution in [-0.2, 0) is 4.79 Å². The summed E-state index contributed by atoms with van der Waals surface area (Å²) < 4.78 is 16.5. The van der Waals surface area contributed by atoms with E-state index in [1.807, 2.05) is 6.92 Å². The molecular weight excluding hydrogens is 352 g/mol. The normalized spacial score (nSPS) is 15.7. The lowest BCUT2D eigenvalue weighted by molar-refractivity contribution is -0.384. The van der Waals surface area contributed by atoms with E-state index < -0.39 is 11.0 Å². The van der Waals surface area contributed by atoms with Crippen molar-refractivity contribution in [2.75, 3.05) is 25.2 Å². The van der Waals surface area contributed by atoms with Gasteiger partial charge in [0.1, 0.15) is 23.9 Å². The van der Waals surface area contributed by atoms with Gasteiger partial charge in [-0.05, 0) is 36.8 Å². The fourth-order valence-electron chi connectivity index (χ4n) is 2.84. The lowest BCUT2D eigenvalue weighted by atomic mass is 10.1. The summed E-state index contributed by atoms with van der Waals surface area (Å²) >= 11 is 0. The summed E-state index contributed by atoms with van der Waals surface area (Å²) in [5, 5.41) is 11.1. The quantitative estimate of drug-likeness (QED) is 0.548. The molecule has 142 valence electrons. The van der Waals surface area contributed by atoms with E-state index in [9.17, 15) is 14.9 Å². The number of carbonyl (C=O) groups is 1. The number of nitro groups is 1. The van der Waals surface area contributed by atoms with Crippen molar-refractivity contribution in [3.05, 3.63) is 52.6 Å². The van der Waals surface area contributed by atoms with Crippen LogP contribution in [0.3, 0.4) is 0 Å². The highest BCUT2D eigenvalue weighted by Crippen LogP contribution is 2.37. The molecule has 1 heterocycles. The number of methoxy groups -OCH3 is 1. The Labute approximate surface area is 156 Å². The minimum Gasteiger partial charge on any atom is -0.497 e. The van der Waals surface area contributed by atoms with Crippen molar-refractivity contribution in [2.45, 2.75) is 19.4 Å². The summed E-state index contributed by atoms with van der Waals surface area (Å²) in [6, 6.07) is 11.4. The molecule has 0 N–H and O–H groups in total. The molecule has 0 aromatic heterocycles. The van der Waals surface area contributed by atoms with E-state index in [0.717, 1.165) is 5.75 Å². The van der Waals surface area contributed by atoms with E-state index in [1.54, 1.807) is 31.4 Å². The minimum absolute atomic E-state index is 0.0961. The second-order valence-corrected chi connectivity index (χ2v) is 5.94. The van der Waals surface area contributed by atoms with Gasteiger partial charge in [0.25, 0.3) is 11.6 Å². The SMILES string of the molecule is CCC1Oc2ccc([N+](=O)[O-])cc2N(CCOc2ccc(OC)cc2)C1=O. The number of ether oxygens (including phenoxy) is 3. The summed E-state index contributed by atoms with van der Waals surface area (Å²) in [5.41, 5.74) is 0.290. The number of nitrogens with zero attached hydrogens (tertiary/aromatic N) is 2. The van der Waals surface area contributed by atoms with Crippen LogP contribution >= 0.6 is 0 Å². The minimum atomic E-state index is -0.611. The predicted octanol–water partition coefficient (Wildman–Crippen LogP) is 3.19. The number of fused-ring (bicyclic) bond motifs is 1. The van der Waals surface area contributed by atoms with Crippen LogP contribution in [0.4, 0.5) is 11.4 Å². The summed E-state index contributed by atoms with van der Waals surface area (Å²) in [5.74, 6) is 1.58. The number of non-ortho nitro benzene ring substituents is 1. The largest absolute Gasteiger partial charge is 0.497 e. The molecule has 3 rings (SSSR count). The van der Waals surface area contributed by atoms with E-state index in [0.29, 0.717) is 23.6 Å². The van der Waals surface area contributed by atoms with Gasteiger partial charge in [0.2, 0.25) is 0 Å². The zero-order valence-corrected chi connectivity index (χ0v) is 15.1. The Bertz CT molecular complexity index is 837. The molecule has 0 radical (unpaired) electrons. The van der Waals surface area contributed by atoms with Gasteiger partial charge in [-0.25, -0.2) is 0 Å². The Hall–Kier alpha value is -3.29. The molecule has 1 aliphatic heterocycles. The molecule has 8 nitrogen and oxygen atoms in total. The lowest BCUT2D eigenvalue weighted by Crippen LogP contribution is -2.47. The van der Waals surface area contributed by atoms with Crippen LogP contribution in [0.5, 0.6) is 17.2 Å². The first-order valence-electron chi connectivity index (χ1n) is 8.56. The zero-order chi connectivity index (χ0) is 19.4. The number of anilines is 1. The molecule has 0 saturated heterocycles. The van der Waals surface area contributed by atoms with E-state index in [4.69, 9.17) is 14.2 Å². The van der Waals surface area contributed by atoms with Crippen molar-refractivity contribution >= 4 is 17.3 Å². The van der Waals surface area contributed by atoms with E-state index >= 15 is 0 Å². The first kappa shape index (κ1) is 18.5. The van der Waals surface area contributed by atoms with Crippen LogP contribution in [0.15, 0.2) is 42.5 Å². The van der Waals surface area contributed by atoms with Crippen molar-refractivity contribution in [3.8, 4) is 17.2 Å². The van der Waals surface area contributed by atoms with Crippen molar-refractivity contribution in [1.82, 2.24) is 0 Å². The van der Waals surface area contributed by atoms with Gasteiger partial charge in [-0.2, -0.15) is 0 Å². The monoisotopic (exact) mass is 372 g/mol. The Morgan fingerprint density at radius 3 is 2.52 bits per heavy atom. The molecule has 1 atom stereocenters. The molecule has 1 aliphatic rings. The van der Waals surface area contributed by atoms with Gasteiger partial charge in [0, 0.05) is 12.1 Å². The van der Waals surface area contributed by atoms with Gasteiger partial charge in [0.15, 0.2) is 6.10 Å². The fourth-order valence-corrected chi connectivity index (χ4v) is 2.84. The van der Waals surface area contributed by atoms with Crippen LogP contribution in [0.1, 0.15) is 13.3 Å². The van der Waals surface area contributed by atoms with Crippen molar-refractivity contribution in [3.63, 3.8) is 0 Å². The smallest absolute Gasteiger partial charge is 0.271 e. The topological polar surface area (TPSA) is 91.1 Å². The van der Waals surface area contributed by atoms with Crippen LogP contribution < -0.4 is 19.1 Å². The highest BCUT2D eigenvalue weighted by Gasteiger charge is 2.34. The lowest BCUT2D eigenvalue weighted by Gasteiger charge is -2.33. The number of rotatable bonds is 7. The van der Waals surface area contributed by atoms with Crippen molar-refractivity contribution in [1.29, 1.82) is 0 Å². The number of carbonyl (C=O) groups excluding carboxylic acids is 1. The number of benzene rings is 2. The van der Waals surface area contributed by atoms with Crippen LogP contribution in [-0.4, -0.2) is 37.2 Å². The zero-order valence-electron chi connectivity index (χ0n) is 15.1. The Morgan fingerprint density at radius 1 is 1.19 bits per heavy atom. The van der Waals surface area contributed by atoms with Crippen LogP contribution in [0, 0.1) is 10.1 Å². The maximum absolute atomic E-state index is 12.7. The van der Waals surface area contributed by atoms with Gasteiger partial charge >= 0.3 is 0 Å². The van der Waals surface area contributed by atoms with E-state index in [-0.39, 0.29) is 24.7 Å². The molecular formula is C19H20N2O6. The highest BCUT2D eigenvalue weighted by atomic mass is 16.6. The van der Waals surface area contributed by atoms with Gasteiger partial charge in [-0.15, -0.1) is 0 Å². The Balaban J connectivity index is 1.76. The third kappa shape index (κ3) is 3.94. The standard InChI is InChI=1S/C19H20N2O6/c1-3-17-19(22)20(10-11-26-15-7-5-14(25-2)6-8-15)16-12-13(21(23)24)4-9-18(16)27-17/h4-9,12,17H,3,10-11H2,1-2H3. The van der Waals surface area contributed by atoms with Crippen LogP contribution in [0.2, 0.25) is 0 Å². The third-order valence-corrected chi connectivity index (χ3v) is 4.27. The second kappa shape index (κ2) is 7.94. The molecule has 0 aliphatic carbocycles. The molecule has 0 saturated carbocycles. The van der Waals surface area contributed by atoms with Gasteiger partial charge in [0.05, 0.1) is 24.3 Å². The molecule has 1 amide bonds. The predicted molar refractivity (Wildman–Crippen MR) is 98.6 cm³/mol.